The number of hydrogen-bond acceptors (Lipinski definition) is 7. The first kappa shape index (κ1) is 12.8. The molecule has 2 aromatic heterocycles. The standard InChI is InChI=1S/C9H8N6O3S/c16-7(4-15-5-11-13-14-15)12-9-10-3-6(19-9)1-2-8(17)18/h1-3,5H,4H2,(H,17,18)(H,10,12,16). The Morgan fingerprint density at radius 3 is 3.05 bits per heavy atom. The third-order valence-electron chi connectivity index (χ3n) is 1.86. The number of aromatic nitrogens is 5. The number of hydrogen-bond donors (Lipinski definition) is 2. The number of thiazole rings is 1. The lowest BCUT2D eigenvalue weighted by molar-refractivity contribution is -0.131. The van der Waals surface area contributed by atoms with Crippen LogP contribution < -0.4 is 5.32 Å². The van der Waals surface area contributed by atoms with E-state index in [-0.39, 0.29) is 12.5 Å². The van der Waals surface area contributed by atoms with Crippen molar-refractivity contribution in [3.05, 3.63) is 23.5 Å². The molecule has 0 fully saturated rings. The molecule has 0 aliphatic rings. The van der Waals surface area contributed by atoms with E-state index in [0.717, 1.165) is 17.4 Å². The van der Waals surface area contributed by atoms with E-state index in [4.69, 9.17) is 5.11 Å². The summed E-state index contributed by atoms with van der Waals surface area (Å²) in [5.41, 5.74) is 0. The fraction of sp³-hybridized carbons (Fsp3) is 0.111. The van der Waals surface area contributed by atoms with Gasteiger partial charge in [-0.25, -0.2) is 14.5 Å². The number of nitrogens with one attached hydrogen (secondary N) is 1. The van der Waals surface area contributed by atoms with Gasteiger partial charge in [-0.15, -0.1) is 5.10 Å². The summed E-state index contributed by atoms with van der Waals surface area (Å²) in [4.78, 5) is 26.5. The normalized spacial score (nSPS) is 10.7. The minimum atomic E-state index is -1.04. The molecule has 0 aliphatic heterocycles. The molecule has 2 heterocycles. The van der Waals surface area contributed by atoms with Crippen molar-refractivity contribution in [3.8, 4) is 0 Å². The SMILES string of the molecule is O=C(O)C=Cc1cnc(NC(=O)Cn2cnnn2)s1. The van der Waals surface area contributed by atoms with Crippen molar-refractivity contribution in [2.75, 3.05) is 5.32 Å². The van der Waals surface area contributed by atoms with E-state index in [1.54, 1.807) is 0 Å². The molecule has 98 valence electrons. The van der Waals surface area contributed by atoms with Crippen molar-refractivity contribution in [1.29, 1.82) is 0 Å². The molecule has 0 spiro atoms. The monoisotopic (exact) mass is 280 g/mol. The Bertz CT molecular complexity index is 605. The van der Waals surface area contributed by atoms with Gasteiger partial charge in [-0.1, -0.05) is 11.3 Å². The van der Waals surface area contributed by atoms with Crippen LogP contribution in [0.4, 0.5) is 5.13 Å². The fourth-order valence-corrected chi connectivity index (χ4v) is 1.87. The lowest BCUT2D eigenvalue weighted by Gasteiger charge is -1.99. The first-order valence-corrected chi connectivity index (χ1v) is 5.82. The summed E-state index contributed by atoms with van der Waals surface area (Å²) in [6.45, 7) is -0.0210. The van der Waals surface area contributed by atoms with Crippen molar-refractivity contribution >= 4 is 34.4 Å². The molecular formula is C9H8N6O3S. The molecule has 0 aromatic carbocycles. The lowest BCUT2D eigenvalue weighted by Crippen LogP contribution is -2.18. The van der Waals surface area contributed by atoms with Gasteiger partial charge in [0.1, 0.15) is 12.9 Å². The summed E-state index contributed by atoms with van der Waals surface area (Å²) in [5, 5.41) is 21.8. The predicted molar refractivity (Wildman–Crippen MR) is 65.2 cm³/mol. The van der Waals surface area contributed by atoms with Gasteiger partial charge in [0.05, 0.1) is 0 Å². The van der Waals surface area contributed by atoms with Gasteiger partial charge in [-0.3, -0.25) is 4.79 Å². The molecule has 0 atom stereocenters. The van der Waals surface area contributed by atoms with Crippen molar-refractivity contribution in [2.45, 2.75) is 6.54 Å². The summed E-state index contributed by atoms with van der Waals surface area (Å²) in [6.07, 6.45) is 5.19. The number of rotatable bonds is 5. The highest BCUT2D eigenvalue weighted by molar-refractivity contribution is 7.16. The van der Waals surface area contributed by atoms with E-state index in [9.17, 15) is 9.59 Å². The maximum Gasteiger partial charge on any atom is 0.328 e. The topological polar surface area (TPSA) is 123 Å². The van der Waals surface area contributed by atoms with E-state index in [2.05, 4.69) is 25.8 Å². The van der Waals surface area contributed by atoms with Crippen molar-refractivity contribution in [2.24, 2.45) is 0 Å². The predicted octanol–water partition coefficient (Wildman–Crippen LogP) is -0.134. The second-order valence-corrected chi connectivity index (χ2v) is 4.36. The highest BCUT2D eigenvalue weighted by Crippen LogP contribution is 2.19. The number of tetrazole rings is 1. The van der Waals surface area contributed by atoms with E-state index in [1.807, 2.05) is 0 Å². The number of carboxylic acids is 1. The van der Waals surface area contributed by atoms with Crippen LogP contribution in [-0.2, 0) is 16.1 Å². The smallest absolute Gasteiger partial charge is 0.328 e. The number of amides is 1. The Morgan fingerprint density at radius 1 is 1.53 bits per heavy atom. The Balaban J connectivity index is 1.92. The molecule has 2 rings (SSSR count). The second kappa shape index (κ2) is 5.82. The minimum absolute atomic E-state index is 0.0210. The third kappa shape index (κ3) is 3.96. The van der Waals surface area contributed by atoms with E-state index < -0.39 is 5.97 Å². The Hall–Kier alpha value is -2.62. The maximum absolute atomic E-state index is 11.6. The molecule has 2 aromatic rings. The molecule has 0 aliphatic carbocycles. The van der Waals surface area contributed by atoms with Gasteiger partial charge < -0.3 is 10.4 Å². The Kier molecular flexibility index (Phi) is 3.93. The van der Waals surface area contributed by atoms with Crippen molar-refractivity contribution in [3.63, 3.8) is 0 Å². The molecule has 0 radical (unpaired) electrons. The molecule has 0 saturated carbocycles. The van der Waals surface area contributed by atoms with E-state index >= 15 is 0 Å². The molecule has 19 heavy (non-hydrogen) atoms. The van der Waals surface area contributed by atoms with Crippen LogP contribution in [0.3, 0.4) is 0 Å². The number of carbonyl (C=O) groups is 2. The van der Waals surface area contributed by atoms with Crippen LogP contribution in [0.15, 0.2) is 18.6 Å². The molecule has 10 heteroatoms. The van der Waals surface area contributed by atoms with Crippen molar-refractivity contribution in [1.82, 2.24) is 25.2 Å². The molecule has 0 saturated heterocycles. The summed E-state index contributed by atoms with van der Waals surface area (Å²) in [7, 11) is 0. The molecule has 1 amide bonds. The van der Waals surface area contributed by atoms with Gasteiger partial charge >= 0.3 is 5.97 Å². The fourth-order valence-electron chi connectivity index (χ4n) is 1.13. The zero-order chi connectivity index (χ0) is 13.7. The minimum Gasteiger partial charge on any atom is -0.478 e. The van der Waals surface area contributed by atoms with Crippen LogP contribution >= 0.6 is 11.3 Å². The summed E-state index contributed by atoms with van der Waals surface area (Å²) in [5.74, 6) is -1.37. The van der Waals surface area contributed by atoms with Crippen LogP contribution in [0.2, 0.25) is 0 Å². The average Bonchev–Trinajstić information content (AvgIpc) is 2.98. The molecule has 9 nitrogen and oxygen atoms in total. The zero-order valence-electron chi connectivity index (χ0n) is 9.42. The van der Waals surface area contributed by atoms with Gasteiger partial charge in [0.25, 0.3) is 0 Å². The van der Waals surface area contributed by atoms with Crippen LogP contribution in [0.5, 0.6) is 0 Å². The Labute approximate surface area is 110 Å². The maximum atomic E-state index is 11.6. The van der Waals surface area contributed by atoms with Gasteiger partial charge in [0, 0.05) is 17.2 Å². The quantitative estimate of drug-likeness (QED) is 0.731. The second-order valence-electron chi connectivity index (χ2n) is 3.29. The lowest BCUT2D eigenvalue weighted by atomic mass is 10.4. The van der Waals surface area contributed by atoms with Crippen LogP contribution in [0.1, 0.15) is 4.88 Å². The largest absolute Gasteiger partial charge is 0.478 e. The van der Waals surface area contributed by atoms with Gasteiger partial charge in [-0.05, 0) is 16.5 Å². The van der Waals surface area contributed by atoms with Crippen LogP contribution in [0.25, 0.3) is 6.08 Å². The number of nitrogens with zero attached hydrogens (tertiary/aromatic N) is 5. The highest BCUT2D eigenvalue weighted by atomic mass is 32.1. The highest BCUT2D eigenvalue weighted by Gasteiger charge is 2.07. The zero-order valence-corrected chi connectivity index (χ0v) is 10.2. The number of carbonyl (C=O) groups excluding carboxylic acids is 1. The molecule has 0 unspecified atom stereocenters. The van der Waals surface area contributed by atoms with Crippen molar-refractivity contribution < 1.29 is 14.7 Å². The molecule has 0 bridgehead atoms. The van der Waals surface area contributed by atoms with Crippen LogP contribution in [-0.4, -0.2) is 42.2 Å². The van der Waals surface area contributed by atoms with Gasteiger partial charge in [0.15, 0.2) is 5.13 Å². The Morgan fingerprint density at radius 2 is 2.37 bits per heavy atom. The van der Waals surface area contributed by atoms with E-state index in [0.29, 0.717) is 10.0 Å². The summed E-state index contributed by atoms with van der Waals surface area (Å²) >= 11 is 1.16. The summed E-state index contributed by atoms with van der Waals surface area (Å²) in [6, 6.07) is 0. The first-order valence-electron chi connectivity index (χ1n) is 5.01. The number of anilines is 1. The number of carboxylic acid groups (broad SMARTS) is 1. The summed E-state index contributed by atoms with van der Waals surface area (Å²) < 4.78 is 1.27. The van der Waals surface area contributed by atoms with Gasteiger partial charge in [-0.2, -0.15) is 0 Å². The van der Waals surface area contributed by atoms with Crippen LogP contribution in [0, 0.1) is 0 Å². The first-order chi connectivity index (χ1) is 9.13. The number of aliphatic carboxylic acids is 1. The average molecular weight is 280 g/mol. The third-order valence-corrected chi connectivity index (χ3v) is 2.74. The molecule has 2 N–H and O–H groups in total. The molecular weight excluding hydrogens is 272 g/mol. The van der Waals surface area contributed by atoms with Gasteiger partial charge in [0.2, 0.25) is 5.91 Å². The van der Waals surface area contributed by atoms with E-state index in [1.165, 1.54) is 23.3 Å².